The van der Waals surface area contributed by atoms with E-state index in [9.17, 15) is 4.79 Å². The lowest BCUT2D eigenvalue weighted by Gasteiger charge is -2.37. The average molecular weight is 346 g/mol. The first-order valence-corrected chi connectivity index (χ1v) is 9.92. The van der Waals surface area contributed by atoms with Gasteiger partial charge in [-0.25, -0.2) is 0 Å². The van der Waals surface area contributed by atoms with Crippen molar-refractivity contribution in [2.45, 2.75) is 77.8 Å². The summed E-state index contributed by atoms with van der Waals surface area (Å²) >= 11 is 0. The number of hydrogen-bond acceptors (Lipinski definition) is 3. The van der Waals surface area contributed by atoms with Crippen molar-refractivity contribution in [1.29, 1.82) is 0 Å². The minimum Gasteiger partial charge on any atom is -0.465 e. The molecule has 0 bridgehead atoms. The van der Waals surface area contributed by atoms with Crippen LogP contribution in [0.4, 0.5) is 0 Å². The molecular formula is C22H35NO2. The lowest BCUT2D eigenvalue weighted by Crippen LogP contribution is -2.44. The second-order valence-corrected chi connectivity index (χ2v) is 7.86. The minimum atomic E-state index is -0.461. The third-order valence-corrected chi connectivity index (χ3v) is 5.81. The van der Waals surface area contributed by atoms with Crippen molar-refractivity contribution in [2.75, 3.05) is 13.2 Å². The fourth-order valence-electron chi connectivity index (χ4n) is 4.65. The van der Waals surface area contributed by atoms with Gasteiger partial charge in [-0.3, -0.25) is 9.69 Å². The number of benzene rings is 1. The molecule has 0 saturated heterocycles. The Kier molecular flexibility index (Phi) is 7.06. The first kappa shape index (κ1) is 20.0. The second kappa shape index (κ2) is 8.84. The lowest BCUT2D eigenvalue weighted by atomic mass is 9.71. The molecule has 25 heavy (non-hydrogen) atoms. The van der Waals surface area contributed by atoms with Crippen LogP contribution >= 0.6 is 0 Å². The molecule has 0 N–H and O–H groups in total. The van der Waals surface area contributed by atoms with Crippen molar-refractivity contribution in [3.8, 4) is 0 Å². The van der Waals surface area contributed by atoms with E-state index >= 15 is 0 Å². The lowest BCUT2D eigenvalue weighted by molar-refractivity contribution is -0.152. The van der Waals surface area contributed by atoms with Crippen molar-refractivity contribution in [2.24, 2.45) is 5.92 Å². The number of esters is 1. The summed E-state index contributed by atoms with van der Waals surface area (Å²) in [4.78, 5) is 15.6. The van der Waals surface area contributed by atoms with Crippen LogP contribution in [0, 0.1) is 5.92 Å². The van der Waals surface area contributed by atoms with E-state index in [0.717, 1.165) is 37.8 Å². The molecule has 0 aromatic heterocycles. The molecule has 0 heterocycles. The van der Waals surface area contributed by atoms with Gasteiger partial charge < -0.3 is 4.74 Å². The van der Waals surface area contributed by atoms with Crippen LogP contribution in [0.15, 0.2) is 30.3 Å². The fourth-order valence-corrected chi connectivity index (χ4v) is 4.65. The first-order valence-electron chi connectivity index (χ1n) is 9.92. The zero-order chi connectivity index (χ0) is 18.4. The van der Waals surface area contributed by atoms with Crippen LogP contribution in [0.3, 0.4) is 0 Å². The normalized spacial score (nSPS) is 23.6. The van der Waals surface area contributed by atoms with E-state index in [-0.39, 0.29) is 5.97 Å². The minimum absolute atomic E-state index is 0.0238. The average Bonchev–Trinajstić information content (AvgIpc) is 3.00. The van der Waals surface area contributed by atoms with Gasteiger partial charge in [0.05, 0.1) is 12.0 Å². The third kappa shape index (κ3) is 4.25. The summed E-state index contributed by atoms with van der Waals surface area (Å²) in [7, 11) is 0. The molecule has 0 spiro atoms. The van der Waals surface area contributed by atoms with Gasteiger partial charge in [-0.05, 0) is 71.9 Å². The Morgan fingerprint density at radius 3 is 2.40 bits per heavy atom. The van der Waals surface area contributed by atoms with Gasteiger partial charge in [0, 0.05) is 12.1 Å². The van der Waals surface area contributed by atoms with E-state index in [2.05, 4.69) is 44.7 Å². The standard InChI is InChI=1S/C22H35NO2/c1-6-25-21(24)22(19-11-8-7-9-12-19)15-10-13-20(22)14-16-23(17(2)3)18(4)5/h7-9,11-12,17-18,20H,6,10,13-16H2,1-5H3. The molecule has 2 unspecified atom stereocenters. The zero-order valence-electron chi connectivity index (χ0n) is 16.6. The van der Waals surface area contributed by atoms with Gasteiger partial charge in [-0.2, -0.15) is 0 Å². The van der Waals surface area contributed by atoms with E-state index < -0.39 is 5.41 Å². The SMILES string of the molecule is CCOC(=O)C1(c2ccccc2)CCCC1CCN(C(C)C)C(C)C. The van der Waals surface area contributed by atoms with E-state index in [4.69, 9.17) is 4.74 Å². The molecule has 2 rings (SSSR count). The van der Waals surface area contributed by atoms with Gasteiger partial charge in [0.25, 0.3) is 0 Å². The van der Waals surface area contributed by atoms with Gasteiger partial charge in [0.15, 0.2) is 0 Å². The number of ether oxygens (including phenoxy) is 1. The van der Waals surface area contributed by atoms with Crippen molar-refractivity contribution >= 4 is 5.97 Å². The summed E-state index contributed by atoms with van der Waals surface area (Å²) < 4.78 is 5.56. The zero-order valence-corrected chi connectivity index (χ0v) is 16.6. The van der Waals surface area contributed by atoms with Crippen molar-refractivity contribution < 1.29 is 9.53 Å². The maximum Gasteiger partial charge on any atom is 0.316 e. The summed E-state index contributed by atoms with van der Waals surface area (Å²) in [5.74, 6) is 0.332. The third-order valence-electron chi connectivity index (χ3n) is 5.81. The highest BCUT2D eigenvalue weighted by Crippen LogP contribution is 2.48. The summed E-state index contributed by atoms with van der Waals surface area (Å²) in [5.41, 5.74) is 0.674. The van der Waals surface area contributed by atoms with Crippen LogP contribution in [-0.2, 0) is 14.9 Å². The maximum atomic E-state index is 13.1. The predicted molar refractivity (Wildman–Crippen MR) is 104 cm³/mol. The summed E-state index contributed by atoms with van der Waals surface area (Å²) in [5, 5.41) is 0. The molecule has 0 aliphatic heterocycles. The van der Waals surface area contributed by atoms with Crippen molar-refractivity contribution in [3.05, 3.63) is 35.9 Å². The molecule has 3 nitrogen and oxygen atoms in total. The Hall–Kier alpha value is -1.35. The van der Waals surface area contributed by atoms with Crippen LogP contribution in [-0.4, -0.2) is 36.1 Å². The molecule has 0 radical (unpaired) electrons. The Labute approximate surface area is 153 Å². The molecule has 1 fully saturated rings. The maximum absolute atomic E-state index is 13.1. The van der Waals surface area contributed by atoms with Gasteiger partial charge in [-0.15, -0.1) is 0 Å². The quantitative estimate of drug-likeness (QED) is 0.634. The highest BCUT2D eigenvalue weighted by atomic mass is 16.5. The number of rotatable bonds is 8. The topological polar surface area (TPSA) is 29.5 Å². The van der Waals surface area contributed by atoms with Gasteiger partial charge in [0.1, 0.15) is 0 Å². The smallest absolute Gasteiger partial charge is 0.316 e. The molecule has 2 atom stereocenters. The Morgan fingerprint density at radius 2 is 1.84 bits per heavy atom. The summed E-state index contributed by atoms with van der Waals surface area (Å²) in [6, 6.07) is 11.4. The highest BCUT2D eigenvalue weighted by Gasteiger charge is 2.51. The van der Waals surface area contributed by atoms with Gasteiger partial charge in [-0.1, -0.05) is 36.8 Å². The Morgan fingerprint density at radius 1 is 1.20 bits per heavy atom. The highest BCUT2D eigenvalue weighted by molar-refractivity contribution is 5.84. The van der Waals surface area contributed by atoms with E-state index in [1.807, 2.05) is 25.1 Å². The van der Waals surface area contributed by atoms with Gasteiger partial charge in [0.2, 0.25) is 0 Å². The van der Waals surface area contributed by atoms with Crippen LogP contribution in [0.2, 0.25) is 0 Å². The first-order chi connectivity index (χ1) is 11.9. The van der Waals surface area contributed by atoms with E-state index in [0.29, 0.717) is 24.6 Å². The van der Waals surface area contributed by atoms with Crippen LogP contribution < -0.4 is 0 Å². The van der Waals surface area contributed by atoms with E-state index in [1.165, 1.54) is 0 Å². The summed E-state index contributed by atoms with van der Waals surface area (Å²) in [6.45, 7) is 12.4. The van der Waals surface area contributed by atoms with E-state index in [1.54, 1.807) is 0 Å². The fraction of sp³-hybridized carbons (Fsp3) is 0.682. The second-order valence-electron chi connectivity index (χ2n) is 7.86. The number of carbonyl (C=O) groups excluding carboxylic acids is 1. The van der Waals surface area contributed by atoms with Crippen molar-refractivity contribution in [1.82, 2.24) is 4.90 Å². The monoisotopic (exact) mass is 345 g/mol. The molecule has 140 valence electrons. The number of carbonyl (C=O) groups is 1. The van der Waals surface area contributed by atoms with Crippen LogP contribution in [0.25, 0.3) is 0 Å². The van der Waals surface area contributed by atoms with Crippen LogP contribution in [0.5, 0.6) is 0 Å². The molecule has 3 heteroatoms. The van der Waals surface area contributed by atoms with Crippen LogP contribution in [0.1, 0.15) is 65.9 Å². The molecule has 0 amide bonds. The molecule has 1 saturated carbocycles. The van der Waals surface area contributed by atoms with Gasteiger partial charge >= 0.3 is 5.97 Å². The molecule has 1 aromatic rings. The Bertz CT molecular complexity index is 532. The number of nitrogens with zero attached hydrogens (tertiary/aromatic N) is 1. The summed E-state index contributed by atoms with van der Waals surface area (Å²) in [6.07, 6.45) is 4.16. The van der Waals surface area contributed by atoms with Crippen molar-refractivity contribution in [3.63, 3.8) is 0 Å². The number of hydrogen-bond donors (Lipinski definition) is 0. The molecule has 1 aromatic carbocycles. The largest absolute Gasteiger partial charge is 0.465 e. The predicted octanol–water partition coefficient (Wildman–Crippen LogP) is 4.80. The molecule has 1 aliphatic carbocycles. The molecular weight excluding hydrogens is 310 g/mol. The Balaban J connectivity index is 2.27. The molecule has 1 aliphatic rings.